The van der Waals surface area contributed by atoms with E-state index in [2.05, 4.69) is 0 Å². The first kappa shape index (κ1) is 18.4. The fraction of sp³-hybridized carbons (Fsp3) is 0.333. The molecule has 0 unspecified atom stereocenters. The molecule has 6 nitrogen and oxygen atoms in total. The number of aryl methyl sites for hydroxylation is 1. The predicted octanol–water partition coefficient (Wildman–Crippen LogP) is 3.29. The first-order valence-electron chi connectivity index (χ1n) is 9.09. The number of hydrogen-bond acceptors (Lipinski definition) is 3. The highest BCUT2D eigenvalue weighted by Gasteiger charge is 2.51. The first-order chi connectivity index (χ1) is 13.4. The van der Waals surface area contributed by atoms with E-state index in [1.165, 1.54) is 17.0 Å². The van der Waals surface area contributed by atoms with E-state index in [0.717, 1.165) is 11.6 Å². The van der Waals surface area contributed by atoms with Crippen molar-refractivity contribution in [3.8, 4) is 0 Å². The third kappa shape index (κ3) is 3.33. The molecular weight excluding hydrogens is 363 g/mol. The Balaban J connectivity index is 1.60. The van der Waals surface area contributed by atoms with E-state index in [1.54, 1.807) is 4.90 Å². The predicted molar refractivity (Wildman–Crippen MR) is 101 cm³/mol. The van der Waals surface area contributed by atoms with Crippen LogP contribution >= 0.6 is 0 Å². The molecule has 4 rings (SSSR count). The molecule has 1 N–H and O–H groups in total. The minimum atomic E-state index is -1.19. The Morgan fingerprint density at radius 3 is 2.54 bits per heavy atom. The van der Waals surface area contributed by atoms with Crippen LogP contribution in [0.1, 0.15) is 21.5 Å². The van der Waals surface area contributed by atoms with Gasteiger partial charge in [0.2, 0.25) is 0 Å². The van der Waals surface area contributed by atoms with Gasteiger partial charge in [-0.2, -0.15) is 0 Å². The summed E-state index contributed by atoms with van der Waals surface area (Å²) in [5.41, 5.74) is 1.90. The van der Waals surface area contributed by atoms with Gasteiger partial charge in [0.25, 0.3) is 0 Å². The van der Waals surface area contributed by atoms with E-state index < -0.39 is 11.8 Å². The Morgan fingerprint density at radius 2 is 1.96 bits per heavy atom. The number of carboxylic acid groups (broad SMARTS) is 1. The summed E-state index contributed by atoms with van der Waals surface area (Å²) in [5, 5.41) is 9.02. The smallest absolute Gasteiger partial charge is 0.335 e. The van der Waals surface area contributed by atoms with Crippen molar-refractivity contribution in [3.63, 3.8) is 0 Å². The molecule has 0 aliphatic carbocycles. The quantitative estimate of drug-likeness (QED) is 0.878. The van der Waals surface area contributed by atoms with Crippen molar-refractivity contribution in [2.75, 3.05) is 31.2 Å². The molecule has 2 aliphatic heterocycles. The summed E-state index contributed by atoms with van der Waals surface area (Å²) in [4.78, 5) is 27.5. The molecule has 7 heteroatoms. The second-order valence-corrected chi connectivity index (χ2v) is 7.67. The number of carbonyl (C=O) groups excluding carboxylic acids is 1. The zero-order valence-corrected chi connectivity index (χ0v) is 15.5. The molecule has 0 aromatic heterocycles. The van der Waals surface area contributed by atoms with E-state index in [-0.39, 0.29) is 29.1 Å². The number of aromatic carboxylic acids is 1. The lowest BCUT2D eigenvalue weighted by Crippen LogP contribution is -2.68. The number of ether oxygens (including phenoxy) is 1. The number of hydrogen-bond donors (Lipinski definition) is 1. The van der Waals surface area contributed by atoms with Crippen LogP contribution < -0.4 is 4.90 Å². The molecule has 0 bridgehead atoms. The third-order valence-electron chi connectivity index (χ3n) is 5.31. The average Bonchev–Trinajstić information content (AvgIpc) is 2.58. The summed E-state index contributed by atoms with van der Waals surface area (Å²) < 4.78 is 19.7. The van der Waals surface area contributed by atoms with Crippen molar-refractivity contribution < 1.29 is 23.8 Å². The summed E-state index contributed by atoms with van der Waals surface area (Å²) in [6.07, 6.45) is 0. The number of urea groups is 1. The number of likely N-dealkylation sites (tertiary alicyclic amines) is 1. The minimum absolute atomic E-state index is 0.0218. The van der Waals surface area contributed by atoms with Gasteiger partial charge in [-0.05, 0) is 36.8 Å². The fourth-order valence-electron chi connectivity index (χ4n) is 3.69. The van der Waals surface area contributed by atoms with E-state index in [0.29, 0.717) is 32.0 Å². The van der Waals surface area contributed by atoms with Gasteiger partial charge in [0.15, 0.2) is 0 Å². The number of nitrogens with zero attached hydrogens (tertiary/aromatic N) is 2. The molecule has 2 aliphatic rings. The molecule has 2 amide bonds. The van der Waals surface area contributed by atoms with Crippen LogP contribution in [0, 0.1) is 18.2 Å². The molecule has 146 valence electrons. The van der Waals surface area contributed by atoms with Gasteiger partial charge in [-0.25, -0.2) is 14.0 Å². The molecule has 2 heterocycles. The number of benzene rings is 2. The standard InChI is InChI=1S/C21H21FN2O4/c1-14-3-2-4-17(7-14)24(20(27)23-10-21(11-23)12-28-13-21)9-16-6-5-15(19(25)26)8-18(16)22/h2-8H,9-13H2,1H3,(H,25,26). The van der Waals surface area contributed by atoms with E-state index in [9.17, 15) is 14.0 Å². The van der Waals surface area contributed by atoms with Crippen LogP contribution in [0.4, 0.5) is 14.9 Å². The highest BCUT2D eigenvalue weighted by atomic mass is 19.1. The van der Waals surface area contributed by atoms with Crippen molar-refractivity contribution in [3.05, 3.63) is 65.0 Å². The SMILES string of the molecule is Cc1cccc(N(Cc2ccc(C(=O)O)cc2F)C(=O)N2CC3(COC3)C2)c1. The van der Waals surface area contributed by atoms with Gasteiger partial charge < -0.3 is 14.7 Å². The number of anilines is 1. The lowest BCUT2D eigenvalue weighted by molar-refractivity contribution is -0.174. The Bertz CT molecular complexity index is 934. The van der Waals surface area contributed by atoms with Crippen LogP contribution in [-0.4, -0.2) is 48.3 Å². The largest absolute Gasteiger partial charge is 0.478 e. The molecule has 2 aromatic rings. The van der Waals surface area contributed by atoms with E-state index >= 15 is 0 Å². The second-order valence-electron chi connectivity index (χ2n) is 7.67. The van der Waals surface area contributed by atoms with Crippen molar-refractivity contribution >= 4 is 17.7 Å². The Morgan fingerprint density at radius 1 is 1.21 bits per heavy atom. The maximum absolute atomic E-state index is 14.5. The fourth-order valence-corrected chi connectivity index (χ4v) is 3.69. The van der Waals surface area contributed by atoms with Gasteiger partial charge in [-0.1, -0.05) is 18.2 Å². The number of rotatable bonds is 4. The summed E-state index contributed by atoms with van der Waals surface area (Å²) in [6, 6.07) is 11.0. The number of carboxylic acids is 1. The zero-order valence-electron chi connectivity index (χ0n) is 15.5. The Labute approximate surface area is 162 Å². The van der Waals surface area contributed by atoms with Crippen LogP contribution in [0.5, 0.6) is 0 Å². The molecule has 0 radical (unpaired) electrons. The maximum Gasteiger partial charge on any atom is 0.335 e. The maximum atomic E-state index is 14.5. The van der Waals surface area contributed by atoms with Crippen molar-refractivity contribution in [1.29, 1.82) is 0 Å². The van der Waals surface area contributed by atoms with Gasteiger partial charge in [-0.3, -0.25) is 4.90 Å². The number of amides is 2. The molecule has 0 saturated carbocycles. The molecular formula is C21H21FN2O4. The average molecular weight is 384 g/mol. The van der Waals surface area contributed by atoms with Crippen molar-refractivity contribution in [2.24, 2.45) is 5.41 Å². The summed E-state index contributed by atoms with van der Waals surface area (Å²) in [7, 11) is 0. The highest BCUT2D eigenvalue weighted by molar-refractivity contribution is 5.93. The van der Waals surface area contributed by atoms with Crippen molar-refractivity contribution in [2.45, 2.75) is 13.5 Å². The molecule has 2 fully saturated rings. The van der Waals surface area contributed by atoms with Crippen LogP contribution in [0.25, 0.3) is 0 Å². The summed E-state index contributed by atoms with van der Waals surface area (Å²) in [5.74, 6) is -1.83. The Kier molecular flexibility index (Phi) is 4.55. The van der Waals surface area contributed by atoms with Gasteiger partial charge in [-0.15, -0.1) is 0 Å². The van der Waals surface area contributed by atoms with Gasteiger partial charge in [0.1, 0.15) is 5.82 Å². The van der Waals surface area contributed by atoms with Gasteiger partial charge in [0.05, 0.1) is 30.7 Å². The van der Waals surface area contributed by atoms with Gasteiger partial charge in [0, 0.05) is 24.3 Å². The second kappa shape index (κ2) is 6.91. The third-order valence-corrected chi connectivity index (χ3v) is 5.31. The molecule has 0 atom stereocenters. The number of carbonyl (C=O) groups is 2. The first-order valence-corrected chi connectivity index (χ1v) is 9.09. The van der Waals surface area contributed by atoms with Gasteiger partial charge >= 0.3 is 12.0 Å². The molecule has 1 spiro atoms. The summed E-state index contributed by atoms with van der Waals surface area (Å²) in [6.45, 7) is 4.56. The molecule has 2 saturated heterocycles. The lowest BCUT2D eigenvalue weighted by Gasteiger charge is -2.55. The number of halogens is 1. The molecule has 2 aromatic carbocycles. The summed E-state index contributed by atoms with van der Waals surface area (Å²) >= 11 is 0. The van der Waals surface area contributed by atoms with Crippen LogP contribution in [0.2, 0.25) is 0 Å². The molecule has 28 heavy (non-hydrogen) atoms. The van der Waals surface area contributed by atoms with Crippen LogP contribution in [-0.2, 0) is 11.3 Å². The van der Waals surface area contributed by atoms with E-state index in [1.807, 2.05) is 31.2 Å². The Hall–Kier alpha value is -2.93. The normalized spacial score (nSPS) is 17.0. The zero-order chi connectivity index (χ0) is 19.9. The van der Waals surface area contributed by atoms with Crippen LogP contribution in [0.3, 0.4) is 0 Å². The highest BCUT2D eigenvalue weighted by Crippen LogP contribution is 2.38. The topological polar surface area (TPSA) is 70.1 Å². The van der Waals surface area contributed by atoms with Crippen molar-refractivity contribution in [1.82, 2.24) is 4.90 Å². The van der Waals surface area contributed by atoms with Crippen LogP contribution in [0.15, 0.2) is 42.5 Å². The van der Waals surface area contributed by atoms with E-state index in [4.69, 9.17) is 9.84 Å². The monoisotopic (exact) mass is 384 g/mol. The minimum Gasteiger partial charge on any atom is -0.478 e. The lowest BCUT2D eigenvalue weighted by atomic mass is 9.78.